The third kappa shape index (κ3) is 5.47. The number of aromatic nitrogens is 5. The molecular weight excluding hydrogens is 528 g/mol. The summed E-state index contributed by atoms with van der Waals surface area (Å²) in [6.07, 6.45) is 11.2. The number of carbonyl (C=O) groups is 1. The molecule has 0 aromatic carbocycles. The molecule has 3 aromatic rings. The number of hydrogen-bond donors (Lipinski definition) is 3. The number of pyridine rings is 1. The van der Waals surface area contributed by atoms with Crippen LogP contribution in [0.4, 0.5) is 11.6 Å². The van der Waals surface area contributed by atoms with E-state index in [0.29, 0.717) is 56.3 Å². The number of halogens is 1. The summed E-state index contributed by atoms with van der Waals surface area (Å²) < 4.78 is 27.4. The highest BCUT2D eigenvalue weighted by Crippen LogP contribution is 2.39. The van der Waals surface area contributed by atoms with Gasteiger partial charge in [0.25, 0.3) is 0 Å². The topological polar surface area (TPSA) is 152 Å². The molecule has 2 aliphatic carbocycles. The minimum absolute atomic E-state index is 0. The van der Waals surface area contributed by atoms with Gasteiger partial charge in [-0.3, -0.25) is 14.5 Å². The van der Waals surface area contributed by atoms with Crippen LogP contribution in [-0.2, 0) is 20.2 Å². The highest BCUT2D eigenvalue weighted by molar-refractivity contribution is 7.93. The summed E-state index contributed by atoms with van der Waals surface area (Å²) >= 11 is 0. The molecule has 4 heterocycles. The summed E-state index contributed by atoms with van der Waals surface area (Å²) in [5, 5.41) is 5.83. The average molecular weight is 557 g/mol. The number of anilines is 2. The third-order valence-corrected chi connectivity index (χ3v) is 8.98. The maximum atomic E-state index is 13.7. The first-order valence-electron chi connectivity index (χ1n) is 12.6. The first-order valence-corrected chi connectivity index (χ1v) is 14.1. The molecule has 3 aliphatic rings. The zero-order valence-electron chi connectivity index (χ0n) is 20.6. The standard InChI is InChI=1S/C25H28N8O3S.ClH/c34-24(32-21-6-3-17(13-29-21)20-15-27-14-19(30-20)16-1-2-16)25(8-11-26-12-9-25)23-28-10-7-22(31-23)33-37(35,36)18-4-5-18;/h3,6-7,10,13-16,18,26H,1-2,4-5,8-9,11-12H2,(H,28,31,33)(H,29,32,34);1H. The summed E-state index contributed by atoms with van der Waals surface area (Å²) in [7, 11) is -3.48. The molecule has 6 rings (SSSR count). The second-order valence-electron chi connectivity index (χ2n) is 9.93. The number of nitrogens with zero attached hydrogens (tertiary/aromatic N) is 5. The lowest BCUT2D eigenvalue weighted by Crippen LogP contribution is -2.49. The number of nitrogens with one attached hydrogen (secondary N) is 3. The second kappa shape index (κ2) is 10.5. The molecule has 11 nitrogen and oxygen atoms in total. The molecule has 200 valence electrons. The minimum Gasteiger partial charge on any atom is -0.317 e. The Labute approximate surface area is 227 Å². The number of hydrogen-bond acceptors (Lipinski definition) is 9. The number of rotatable bonds is 8. The monoisotopic (exact) mass is 556 g/mol. The molecule has 0 bridgehead atoms. The van der Waals surface area contributed by atoms with Crippen LogP contribution in [0, 0.1) is 0 Å². The lowest BCUT2D eigenvalue weighted by atomic mass is 9.77. The van der Waals surface area contributed by atoms with E-state index in [9.17, 15) is 13.2 Å². The Bertz CT molecular complexity index is 1420. The van der Waals surface area contributed by atoms with Crippen LogP contribution in [0.5, 0.6) is 0 Å². The zero-order chi connectivity index (χ0) is 25.5. The van der Waals surface area contributed by atoms with E-state index in [-0.39, 0.29) is 29.4 Å². The van der Waals surface area contributed by atoms with Crippen LogP contribution >= 0.6 is 12.4 Å². The quantitative estimate of drug-likeness (QED) is 0.380. The molecule has 1 aliphatic heterocycles. The van der Waals surface area contributed by atoms with E-state index in [1.54, 1.807) is 18.5 Å². The van der Waals surface area contributed by atoms with Crippen molar-refractivity contribution in [1.29, 1.82) is 0 Å². The largest absolute Gasteiger partial charge is 0.317 e. The van der Waals surface area contributed by atoms with E-state index in [2.05, 4.69) is 35.3 Å². The molecule has 1 saturated heterocycles. The smallest absolute Gasteiger partial charge is 0.239 e. The molecule has 38 heavy (non-hydrogen) atoms. The van der Waals surface area contributed by atoms with Gasteiger partial charge >= 0.3 is 0 Å². The highest BCUT2D eigenvalue weighted by Gasteiger charge is 2.44. The van der Waals surface area contributed by atoms with Gasteiger partial charge in [-0.1, -0.05) is 0 Å². The van der Waals surface area contributed by atoms with E-state index in [4.69, 9.17) is 4.98 Å². The van der Waals surface area contributed by atoms with E-state index in [1.807, 2.05) is 12.3 Å². The molecule has 0 spiro atoms. The van der Waals surface area contributed by atoms with Gasteiger partial charge in [0, 0.05) is 30.1 Å². The van der Waals surface area contributed by atoms with Crippen LogP contribution in [0.3, 0.4) is 0 Å². The first-order chi connectivity index (χ1) is 17.9. The number of sulfonamides is 1. The molecule has 13 heteroatoms. The summed E-state index contributed by atoms with van der Waals surface area (Å²) in [6.45, 7) is 1.22. The van der Waals surface area contributed by atoms with Gasteiger partial charge in [0.05, 0.1) is 22.8 Å². The van der Waals surface area contributed by atoms with Crippen LogP contribution in [0.15, 0.2) is 43.0 Å². The molecule has 0 atom stereocenters. The Hall–Kier alpha value is -3.22. The summed E-state index contributed by atoms with van der Waals surface area (Å²) in [5.41, 5.74) is 1.56. The molecule has 3 fully saturated rings. The van der Waals surface area contributed by atoms with E-state index < -0.39 is 15.4 Å². The lowest BCUT2D eigenvalue weighted by molar-refractivity contribution is -0.122. The molecule has 2 saturated carbocycles. The summed E-state index contributed by atoms with van der Waals surface area (Å²) in [5.74, 6) is 1.12. The van der Waals surface area contributed by atoms with Gasteiger partial charge in [-0.2, -0.15) is 0 Å². The summed E-state index contributed by atoms with van der Waals surface area (Å²) in [4.78, 5) is 36.0. The first kappa shape index (κ1) is 26.4. The Morgan fingerprint density at radius 1 is 0.947 bits per heavy atom. The van der Waals surface area contributed by atoms with Crippen molar-refractivity contribution in [3.8, 4) is 11.3 Å². The fourth-order valence-electron chi connectivity index (χ4n) is 4.61. The molecular formula is C25H29ClN8O3S. The third-order valence-electron chi connectivity index (χ3n) is 7.14. The zero-order valence-corrected chi connectivity index (χ0v) is 22.3. The molecule has 1 amide bonds. The van der Waals surface area contributed by atoms with Crippen LogP contribution < -0.4 is 15.4 Å². The number of carbonyl (C=O) groups excluding carboxylic acids is 1. The Balaban J connectivity index is 0.00000294. The molecule has 0 radical (unpaired) electrons. The molecule has 0 unspecified atom stereocenters. The van der Waals surface area contributed by atoms with Crippen molar-refractivity contribution in [3.05, 3.63) is 54.5 Å². The van der Waals surface area contributed by atoms with Crippen molar-refractivity contribution >= 4 is 40.0 Å². The normalized spacial score (nSPS) is 18.7. The van der Waals surface area contributed by atoms with Crippen LogP contribution in [0.2, 0.25) is 0 Å². The fraction of sp³-hybridized carbons (Fsp3) is 0.440. The highest BCUT2D eigenvalue weighted by atomic mass is 35.5. The molecule has 3 N–H and O–H groups in total. The van der Waals surface area contributed by atoms with Gasteiger partial charge in [-0.25, -0.2) is 28.4 Å². The SMILES string of the molecule is Cl.O=C(Nc1ccc(-c2cncc(C3CC3)n2)cn1)C1(c2nccc(NS(=O)(=O)C3CC3)n2)CCNCC1. The van der Waals surface area contributed by atoms with Gasteiger partial charge in [0.2, 0.25) is 15.9 Å². The predicted molar refractivity (Wildman–Crippen MR) is 144 cm³/mol. The van der Waals surface area contributed by atoms with E-state index in [0.717, 1.165) is 29.8 Å². The number of piperidine rings is 1. The maximum Gasteiger partial charge on any atom is 0.239 e. The van der Waals surface area contributed by atoms with Crippen molar-refractivity contribution in [2.75, 3.05) is 23.1 Å². The van der Waals surface area contributed by atoms with Gasteiger partial charge in [0.15, 0.2) is 0 Å². The maximum absolute atomic E-state index is 13.7. The van der Waals surface area contributed by atoms with Crippen molar-refractivity contribution in [2.24, 2.45) is 0 Å². The Morgan fingerprint density at radius 3 is 2.42 bits per heavy atom. The van der Waals surface area contributed by atoms with Crippen LogP contribution in [0.25, 0.3) is 11.3 Å². The average Bonchev–Trinajstić information content (AvgIpc) is 3.82. The Morgan fingerprint density at radius 2 is 1.74 bits per heavy atom. The van der Waals surface area contributed by atoms with Crippen molar-refractivity contribution < 1.29 is 13.2 Å². The van der Waals surface area contributed by atoms with Gasteiger partial charge in [-0.15, -0.1) is 12.4 Å². The minimum atomic E-state index is -3.48. The van der Waals surface area contributed by atoms with Crippen LogP contribution in [0.1, 0.15) is 56.0 Å². The predicted octanol–water partition coefficient (Wildman–Crippen LogP) is 2.79. The molecule has 3 aromatic heterocycles. The lowest BCUT2D eigenvalue weighted by Gasteiger charge is -2.34. The van der Waals surface area contributed by atoms with Crippen LogP contribution in [-0.4, -0.2) is 57.6 Å². The fourth-order valence-corrected chi connectivity index (χ4v) is 5.94. The van der Waals surface area contributed by atoms with Gasteiger partial charge in [-0.05, 0) is 69.8 Å². The van der Waals surface area contributed by atoms with Gasteiger partial charge < -0.3 is 10.6 Å². The van der Waals surface area contributed by atoms with Crippen molar-refractivity contribution in [2.45, 2.75) is 55.1 Å². The van der Waals surface area contributed by atoms with Gasteiger partial charge in [0.1, 0.15) is 22.9 Å². The van der Waals surface area contributed by atoms with E-state index >= 15 is 0 Å². The summed E-state index contributed by atoms with van der Waals surface area (Å²) in [6, 6.07) is 5.12. The van der Waals surface area contributed by atoms with Crippen molar-refractivity contribution in [1.82, 2.24) is 30.2 Å². The number of amides is 1. The Kier molecular flexibility index (Phi) is 7.30. The second-order valence-corrected chi connectivity index (χ2v) is 11.9. The van der Waals surface area contributed by atoms with E-state index in [1.165, 1.54) is 12.3 Å². The van der Waals surface area contributed by atoms with Crippen molar-refractivity contribution in [3.63, 3.8) is 0 Å².